The van der Waals surface area contributed by atoms with Crippen molar-refractivity contribution >= 4 is 5.78 Å². The molecule has 2 aromatic carbocycles. The van der Waals surface area contributed by atoms with E-state index in [1.54, 1.807) is 6.92 Å². The molecule has 120 valence electrons. The number of piperidine rings is 1. The molecule has 0 aliphatic carbocycles. The van der Waals surface area contributed by atoms with Crippen molar-refractivity contribution in [3.63, 3.8) is 0 Å². The number of rotatable bonds is 4. The summed E-state index contributed by atoms with van der Waals surface area (Å²) in [6, 6.07) is 17.0. The first kappa shape index (κ1) is 15.9. The van der Waals surface area contributed by atoms with Crippen LogP contribution < -0.4 is 0 Å². The van der Waals surface area contributed by atoms with E-state index in [2.05, 4.69) is 29.2 Å². The molecule has 1 heterocycles. The maximum absolute atomic E-state index is 13.2. The third kappa shape index (κ3) is 3.85. The van der Waals surface area contributed by atoms with Gasteiger partial charge in [0.15, 0.2) is 0 Å². The minimum absolute atomic E-state index is 0.0347. The maximum atomic E-state index is 13.2. The number of halogens is 1. The molecule has 0 N–H and O–H groups in total. The average Bonchev–Trinajstić information content (AvgIpc) is 2.56. The van der Waals surface area contributed by atoms with Crippen molar-refractivity contribution in [1.29, 1.82) is 0 Å². The Kier molecular flexibility index (Phi) is 4.87. The fraction of sp³-hybridized carbons (Fsp3) is 0.350. The predicted molar refractivity (Wildman–Crippen MR) is 89.6 cm³/mol. The van der Waals surface area contributed by atoms with Crippen LogP contribution in [0.2, 0.25) is 0 Å². The molecule has 1 aliphatic heterocycles. The van der Waals surface area contributed by atoms with Gasteiger partial charge >= 0.3 is 0 Å². The summed E-state index contributed by atoms with van der Waals surface area (Å²) in [4.78, 5) is 14.4. The van der Waals surface area contributed by atoms with Gasteiger partial charge in [-0.05, 0) is 43.1 Å². The van der Waals surface area contributed by atoms with E-state index in [1.165, 1.54) is 17.7 Å². The van der Waals surface area contributed by atoms with E-state index in [4.69, 9.17) is 0 Å². The Labute approximate surface area is 136 Å². The molecule has 3 rings (SSSR count). The second-order valence-electron chi connectivity index (χ2n) is 6.38. The normalized spacial score (nSPS) is 22.0. The van der Waals surface area contributed by atoms with E-state index in [1.807, 2.05) is 18.2 Å². The lowest BCUT2D eigenvalue weighted by atomic mass is 9.78. The fourth-order valence-electron chi connectivity index (χ4n) is 3.54. The molecular formula is C20H22FNO. The lowest BCUT2D eigenvalue weighted by Crippen LogP contribution is -2.41. The molecule has 1 fully saturated rings. The largest absolute Gasteiger partial charge is 0.300 e. The zero-order chi connectivity index (χ0) is 16.2. The van der Waals surface area contributed by atoms with Crippen molar-refractivity contribution in [1.82, 2.24) is 4.90 Å². The predicted octanol–water partition coefficient (Wildman–Crippen LogP) is 4.02. The van der Waals surface area contributed by atoms with Crippen molar-refractivity contribution in [3.05, 3.63) is 71.5 Å². The van der Waals surface area contributed by atoms with Crippen LogP contribution in [0.5, 0.6) is 0 Å². The van der Waals surface area contributed by atoms with Crippen LogP contribution in [0.4, 0.5) is 4.39 Å². The molecule has 1 saturated heterocycles. The maximum Gasteiger partial charge on any atom is 0.133 e. The average molecular weight is 311 g/mol. The summed E-state index contributed by atoms with van der Waals surface area (Å²) < 4.78 is 13.2. The molecule has 2 aromatic rings. The molecule has 23 heavy (non-hydrogen) atoms. The monoisotopic (exact) mass is 311 g/mol. The van der Waals surface area contributed by atoms with Crippen molar-refractivity contribution < 1.29 is 9.18 Å². The number of carbonyl (C=O) groups excluding carboxylic acids is 1. The van der Waals surface area contributed by atoms with Gasteiger partial charge in [-0.15, -0.1) is 0 Å². The van der Waals surface area contributed by atoms with Gasteiger partial charge in [-0.1, -0.05) is 42.5 Å². The van der Waals surface area contributed by atoms with E-state index in [0.29, 0.717) is 0 Å². The van der Waals surface area contributed by atoms with Crippen LogP contribution in [0.1, 0.15) is 30.4 Å². The number of carbonyl (C=O) groups is 1. The molecule has 2 unspecified atom stereocenters. The van der Waals surface area contributed by atoms with Crippen LogP contribution in [-0.2, 0) is 11.3 Å². The second-order valence-corrected chi connectivity index (χ2v) is 6.38. The van der Waals surface area contributed by atoms with Crippen LogP contribution in [0.3, 0.4) is 0 Å². The number of hydrogen-bond donors (Lipinski definition) is 0. The second kappa shape index (κ2) is 7.05. The Morgan fingerprint density at radius 1 is 1.13 bits per heavy atom. The van der Waals surface area contributed by atoms with Crippen molar-refractivity contribution in [3.8, 4) is 0 Å². The quantitative estimate of drug-likeness (QED) is 0.850. The summed E-state index contributed by atoms with van der Waals surface area (Å²) in [5.74, 6) is 0.182. The number of Topliss-reactive ketones (excluding diaryl/α,β-unsaturated/α-hetero) is 1. The Hall–Kier alpha value is -2.00. The molecule has 3 heteroatoms. The molecule has 2 nitrogen and oxygen atoms in total. The lowest BCUT2D eigenvalue weighted by Gasteiger charge is -2.38. The lowest BCUT2D eigenvalue weighted by molar-refractivity contribution is -0.122. The molecule has 0 radical (unpaired) electrons. The summed E-state index contributed by atoms with van der Waals surface area (Å²) in [5, 5.41) is 0. The van der Waals surface area contributed by atoms with Gasteiger partial charge in [-0.2, -0.15) is 0 Å². The van der Waals surface area contributed by atoms with Gasteiger partial charge in [-0.3, -0.25) is 9.69 Å². The first-order valence-electron chi connectivity index (χ1n) is 8.15. The molecule has 0 saturated carbocycles. The van der Waals surface area contributed by atoms with Crippen LogP contribution in [0.25, 0.3) is 0 Å². The highest BCUT2D eigenvalue weighted by molar-refractivity contribution is 5.79. The summed E-state index contributed by atoms with van der Waals surface area (Å²) in [5.41, 5.74) is 2.34. The molecule has 1 aliphatic rings. The van der Waals surface area contributed by atoms with E-state index in [-0.39, 0.29) is 23.4 Å². The standard InChI is InChI=1S/C20H22FNO/c1-15(23)19-11-12-22(13-16-5-3-2-4-6-16)14-20(19)17-7-9-18(21)10-8-17/h2-10,19-20H,11-14H2,1H3. The van der Waals surface area contributed by atoms with E-state index in [0.717, 1.165) is 31.6 Å². The van der Waals surface area contributed by atoms with Gasteiger partial charge in [0.1, 0.15) is 11.6 Å². The number of nitrogens with zero attached hydrogens (tertiary/aromatic N) is 1. The molecule has 0 bridgehead atoms. The number of benzene rings is 2. The molecular weight excluding hydrogens is 289 g/mol. The topological polar surface area (TPSA) is 20.3 Å². The van der Waals surface area contributed by atoms with Gasteiger partial charge < -0.3 is 0 Å². The summed E-state index contributed by atoms with van der Waals surface area (Å²) in [7, 11) is 0. The van der Waals surface area contributed by atoms with Gasteiger partial charge in [0.2, 0.25) is 0 Å². The highest BCUT2D eigenvalue weighted by Gasteiger charge is 2.33. The van der Waals surface area contributed by atoms with Crippen LogP contribution in [0.15, 0.2) is 54.6 Å². The zero-order valence-electron chi connectivity index (χ0n) is 13.4. The third-order valence-corrected chi connectivity index (χ3v) is 4.77. The van der Waals surface area contributed by atoms with Crippen LogP contribution >= 0.6 is 0 Å². The Bertz CT molecular complexity index is 653. The molecule has 0 aromatic heterocycles. The highest BCUT2D eigenvalue weighted by atomic mass is 19.1. The van der Waals surface area contributed by atoms with E-state index in [9.17, 15) is 9.18 Å². The summed E-state index contributed by atoms with van der Waals surface area (Å²) >= 11 is 0. The highest BCUT2D eigenvalue weighted by Crippen LogP contribution is 2.33. The van der Waals surface area contributed by atoms with Crippen molar-refractivity contribution in [2.24, 2.45) is 5.92 Å². The van der Waals surface area contributed by atoms with Crippen LogP contribution in [-0.4, -0.2) is 23.8 Å². The third-order valence-electron chi connectivity index (χ3n) is 4.77. The Morgan fingerprint density at radius 2 is 1.83 bits per heavy atom. The zero-order valence-corrected chi connectivity index (χ0v) is 13.4. The number of likely N-dealkylation sites (tertiary alicyclic amines) is 1. The van der Waals surface area contributed by atoms with Crippen molar-refractivity contribution in [2.45, 2.75) is 25.8 Å². The number of ketones is 1. The first-order chi connectivity index (χ1) is 11.1. The van der Waals surface area contributed by atoms with Crippen LogP contribution in [0, 0.1) is 11.7 Å². The van der Waals surface area contributed by atoms with Gasteiger partial charge in [0.05, 0.1) is 0 Å². The van der Waals surface area contributed by atoms with Gasteiger partial charge in [-0.25, -0.2) is 4.39 Å². The molecule has 0 amide bonds. The number of hydrogen-bond acceptors (Lipinski definition) is 2. The first-order valence-corrected chi connectivity index (χ1v) is 8.15. The van der Waals surface area contributed by atoms with Crippen molar-refractivity contribution in [2.75, 3.05) is 13.1 Å². The summed E-state index contributed by atoms with van der Waals surface area (Å²) in [6.45, 7) is 4.33. The SMILES string of the molecule is CC(=O)C1CCN(Cc2ccccc2)CC1c1ccc(F)cc1. The Morgan fingerprint density at radius 3 is 2.48 bits per heavy atom. The minimum Gasteiger partial charge on any atom is -0.300 e. The van der Waals surface area contributed by atoms with E-state index < -0.39 is 0 Å². The molecule has 2 atom stereocenters. The summed E-state index contributed by atoms with van der Waals surface area (Å²) in [6.07, 6.45) is 0.865. The smallest absolute Gasteiger partial charge is 0.133 e. The van der Waals surface area contributed by atoms with Gasteiger partial charge in [0, 0.05) is 24.9 Å². The molecule has 0 spiro atoms. The fourth-order valence-corrected chi connectivity index (χ4v) is 3.54. The minimum atomic E-state index is -0.231. The van der Waals surface area contributed by atoms with Gasteiger partial charge in [0.25, 0.3) is 0 Å². The van der Waals surface area contributed by atoms with E-state index >= 15 is 0 Å². The Balaban J connectivity index is 1.78.